The summed E-state index contributed by atoms with van der Waals surface area (Å²) in [5.74, 6) is -2.10. The van der Waals surface area contributed by atoms with Gasteiger partial charge in [0.25, 0.3) is 10.1 Å². The maximum Gasteiger partial charge on any atom is 0.306 e. The van der Waals surface area contributed by atoms with Gasteiger partial charge in [0.05, 0.1) is 6.61 Å². The van der Waals surface area contributed by atoms with Crippen LogP contribution in [0.25, 0.3) is 0 Å². The molecule has 1 fully saturated rings. The van der Waals surface area contributed by atoms with E-state index in [4.69, 9.17) is 18.9 Å². The summed E-state index contributed by atoms with van der Waals surface area (Å²) in [6, 6.07) is 0. The Balaban J connectivity index is 2.50. The van der Waals surface area contributed by atoms with E-state index in [1.165, 1.54) is 57.8 Å². The van der Waals surface area contributed by atoms with Crippen molar-refractivity contribution in [3.63, 3.8) is 0 Å². The lowest BCUT2D eigenvalue weighted by Crippen LogP contribution is -2.60. The van der Waals surface area contributed by atoms with Crippen LogP contribution in [0, 0.1) is 0 Å². The molecular formula is C47H78O12S. The lowest BCUT2D eigenvalue weighted by molar-refractivity contribution is -0.297. The Morgan fingerprint density at radius 2 is 1.05 bits per heavy atom. The first kappa shape index (κ1) is 55.1. The first-order chi connectivity index (χ1) is 29.0. The number of ether oxygens (including phenoxy) is 4. The largest absolute Gasteiger partial charge is 0.462 e. The topological polar surface area (TPSA) is 186 Å². The molecule has 0 aliphatic carbocycles. The molecule has 0 aromatic heterocycles. The summed E-state index contributed by atoms with van der Waals surface area (Å²) in [7, 11) is -4.61. The SMILES string of the molecule is CC/C=C/C/C=C/C/C=C/C/C=C/C/C=C/C/C=C/CCC(=O)OC[C@H](CO[C@H]1O[C@H](CS(=O)(=O)O)[C@@H](O)C(O)C1O)OC(=O)CCCCCCCCCCCCCCC. The number of esters is 2. The van der Waals surface area contributed by atoms with E-state index in [9.17, 15) is 37.9 Å². The van der Waals surface area contributed by atoms with Gasteiger partial charge in [0.15, 0.2) is 12.4 Å². The van der Waals surface area contributed by atoms with Gasteiger partial charge in [-0.25, -0.2) is 0 Å². The second kappa shape index (κ2) is 36.7. The highest BCUT2D eigenvalue weighted by molar-refractivity contribution is 7.85. The Bertz CT molecular complexity index is 1390. The van der Waals surface area contributed by atoms with Crippen LogP contribution >= 0.6 is 0 Å². The summed E-state index contributed by atoms with van der Waals surface area (Å²) in [4.78, 5) is 25.4. The van der Waals surface area contributed by atoms with Crippen molar-refractivity contribution in [1.82, 2.24) is 0 Å². The van der Waals surface area contributed by atoms with Crippen molar-refractivity contribution in [3.05, 3.63) is 72.9 Å². The van der Waals surface area contributed by atoms with Gasteiger partial charge in [0.2, 0.25) is 0 Å². The molecule has 0 aromatic carbocycles. The van der Waals surface area contributed by atoms with Crippen LogP contribution < -0.4 is 0 Å². The van der Waals surface area contributed by atoms with Crippen molar-refractivity contribution in [2.75, 3.05) is 19.0 Å². The van der Waals surface area contributed by atoms with Gasteiger partial charge in [-0.1, -0.05) is 164 Å². The number of aliphatic hydroxyl groups excluding tert-OH is 3. The van der Waals surface area contributed by atoms with E-state index in [2.05, 4.69) is 74.6 Å². The Morgan fingerprint density at radius 1 is 0.583 bits per heavy atom. The van der Waals surface area contributed by atoms with Gasteiger partial charge in [-0.05, 0) is 51.4 Å². The van der Waals surface area contributed by atoms with E-state index in [0.717, 1.165) is 57.8 Å². The predicted octanol–water partition coefficient (Wildman–Crippen LogP) is 9.11. The average Bonchev–Trinajstić information content (AvgIpc) is 3.21. The fraction of sp³-hybridized carbons (Fsp3) is 0.702. The molecule has 344 valence electrons. The summed E-state index contributed by atoms with van der Waals surface area (Å²) >= 11 is 0. The normalized spacial score (nSPS) is 20.8. The molecule has 1 rings (SSSR count). The van der Waals surface area contributed by atoms with Crippen molar-refractivity contribution in [2.45, 2.75) is 192 Å². The zero-order valence-electron chi connectivity index (χ0n) is 36.5. The fourth-order valence-electron chi connectivity index (χ4n) is 6.35. The summed E-state index contributed by atoms with van der Waals surface area (Å²) in [5.41, 5.74) is 0. The van der Waals surface area contributed by atoms with Crippen LogP contribution in [0.2, 0.25) is 0 Å². The lowest BCUT2D eigenvalue weighted by Gasteiger charge is -2.40. The first-order valence-corrected chi connectivity index (χ1v) is 24.1. The standard InChI is InChI=1S/C47H78O12S/c1-3-5-7-9-11-13-15-17-18-19-20-21-22-24-25-27-29-31-33-35-42(48)56-37-40(38-57-47-46(52)45(51)44(50)41(59-47)39-60(53,54)55)58-43(49)36-34-32-30-28-26-23-16-14-12-10-8-6-4-2/h5,7,11,13,17-18,20-21,24-25,29,31,40-41,44-47,50-52H,3-4,6,8-10,12,14-16,19,22-23,26-28,30,32-39H2,1-2H3,(H,53,54,55)/b7-5+,13-11+,18-17+,21-20+,25-24+,31-29+/t40-,41-,44-,45?,46?,47+/m1/s1. The van der Waals surface area contributed by atoms with E-state index in [-0.39, 0.29) is 19.4 Å². The van der Waals surface area contributed by atoms with Gasteiger partial charge in [-0.2, -0.15) is 8.42 Å². The van der Waals surface area contributed by atoms with E-state index in [1.54, 1.807) is 0 Å². The first-order valence-electron chi connectivity index (χ1n) is 22.5. The molecule has 2 unspecified atom stereocenters. The Labute approximate surface area is 361 Å². The van der Waals surface area contributed by atoms with E-state index < -0.39 is 71.2 Å². The van der Waals surface area contributed by atoms with Crippen LogP contribution in [0.1, 0.15) is 155 Å². The molecular weight excluding hydrogens is 789 g/mol. The van der Waals surface area contributed by atoms with Gasteiger partial charge in [0.1, 0.15) is 36.8 Å². The number of hydrogen-bond acceptors (Lipinski definition) is 11. The van der Waals surface area contributed by atoms with Crippen LogP contribution in [0.4, 0.5) is 0 Å². The molecule has 1 saturated heterocycles. The number of unbranched alkanes of at least 4 members (excludes halogenated alkanes) is 12. The third-order valence-corrected chi connectivity index (χ3v) is 10.6. The fourth-order valence-corrected chi connectivity index (χ4v) is 7.04. The number of allylic oxidation sites excluding steroid dienone is 12. The highest BCUT2D eigenvalue weighted by Gasteiger charge is 2.46. The van der Waals surface area contributed by atoms with Gasteiger partial charge in [-0.3, -0.25) is 14.1 Å². The van der Waals surface area contributed by atoms with Crippen LogP contribution in [0.5, 0.6) is 0 Å². The summed E-state index contributed by atoms with van der Waals surface area (Å²) < 4.78 is 53.9. The monoisotopic (exact) mass is 867 g/mol. The number of aliphatic hydroxyl groups is 3. The minimum absolute atomic E-state index is 0.0918. The third-order valence-electron chi connectivity index (χ3n) is 9.81. The molecule has 0 bridgehead atoms. The maximum atomic E-state index is 12.8. The van der Waals surface area contributed by atoms with E-state index >= 15 is 0 Å². The minimum Gasteiger partial charge on any atom is -0.462 e. The molecule has 0 radical (unpaired) electrons. The maximum absolute atomic E-state index is 12.8. The third kappa shape index (κ3) is 31.0. The molecule has 1 heterocycles. The van der Waals surface area contributed by atoms with Crippen LogP contribution in [0.15, 0.2) is 72.9 Å². The summed E-state index contributed by atoms with van der Waals surface area (Å²) in [6.45, 7) is 3.57. The highest BCUT2D eigenvalue weighted by Crippen LogP contribution is 2.24. The lowest BCUT2D eigenvalue weighted by atomic mass is 10.00. The molecule has 0 saturated carbocycles. The zero-order chi connectivity index (χ0) is 44.1. The molecule has 0 amide bonds. The summed E-state index contributed by atoms with van der Waals surface area (Å²) in [5, 5.41) is 30.9. The van der Waals surface area contributed by atoms with Crippen LogP contribution in [0.3, 0.4) is 0 Å². The molecule has 6 atom stereocenters. The second-order valence-electron chi connectivity index (χ2n) is 15.3. The smallest absolute Gasteiger partial charge is 0.306 e. The zero-order valence-corrected chi connectivity index (χ0v) is 37.3. The molecule has 13 heteroatoms. The van der Waals surface area contributed by atoms with Crippen molar-refractivity contribution in [3.8, 4) is 0 Å². The number of carbonyl (C=O) groups is 2. The predicted molar refractivity (Wildman–Crippen MR) is 238 cm³/mol. The molecule has 4 N–H and O–H groups in total. The van der Waals surface area contributed by atoms with Gasteiger partial charge >= 0.3 is 11.9 Å². The quantitative estimate of drug-likeness (QED) is 0.0203. The average molecular weight is 867 g/mol. The Morgan fingerprint density at radius 3 is 1.53 bits per heavy atom. The molecule has 12 nitrogen and oxygen atoms in total. The second-order valence-corrected chi connectivity index (χ2v) is 16.8. The Kier molecular flexibility index (Phi) is 33.7. The van der Waals surface area contributed by atoms with Crippen LogP contribution in [-0.4, -0.2) is 96.0 Å². The molecule has 60 heavy (non-hydrogen) atoms. The number of hydrogen-bond donors (Lipinski definition) is 4. The molecule has 1 aliphatic rings. The van der Waals surface area contributed by atoms with Crippen molar-refractivity contribution in [1.29, 1.82) is 0 Å². The van der Waals surface area contributed by atoms with Crippen molar-refractivity contribution in [2.24, 2.45) is 0 Å². The molecule has 1 aliphatic heterocycles. The molecule has 0 aromatic rings. The Hall–Kier alpha value is -2.91. The van der Waals surface area contributed by atoms with Crippen molar-refractivity contribution < 1.29 is 56.8 Å². The highest BCUT2D eigenvalue weighted by atomic mass is 32.2. The van der Waals surface area contributed by atoms with Crippen molar-refractivity contribution >= 4 is 22.1 Å². The number of rotatable bonds is 36. The number of carbonyl (C=O) groups excluding carboxylic acids is 2. The van der Waals surface area contributed by atoms with Gasteiger partial charge in [0, 0.05) is 12.8 Å². The summed E-state index contributed by atoms with van der Waals surface area (Å²) in [6.07, 6.45) is 36.7. The minimum atomic E-state index is -4.61. The molecule has 0 spiro atoms. The van der Waals surface area contributed by atoms with E-state index in [1.807, 2.05) is 12.2 Å². The van der Waals surface area contributed by atoms with Gasteiger partial charge in [-0.15, -0.1) is 0 Å². The van der Waals surface area contributed by atoms with Gasteiger partial charge < -0.3 is 34.3 Å². The van der Waals surface area contributed by atoms with Crippen LogP contribution in [-0.2, 0) is 38.7 Å². The van der Waals surface area contributed by atoms with E-state index in [0.29, 0.717) is 12.8 Å².